The van der Waals surface area contributed by atoms with Crippen molar-refractivity contribution in [2.45, 2.75) is 29.4 Å². The lowest BCUT2D eigenvalue weighted by Gasteiger charge is -2.49. The molecular formula is C21H20N8O4S2. The molecule has 14 heteroatoms. The molecule has 35 heavy (non-hydrogen) atoms. The van der Waals surface area contributed by atoms with Gasteiger partial charge >= 0.3 is 5.97 Å². The first kappa shape index (κ1) is 23.3. The Labute approximate surface area is 207 Å². The quantitative estimate of drug-likeness (QED) is 0.275. The van der Waals surface area contributed by atoms with Crippen LogP contribution in [0.15, 0.2) is 52.7 Å². The summed E-state index contributed by atoms with van der Waals surface area (Å²) in [6.07, 6.45) is 0.0939. The van der Waals surface area contributed by atoms with Crippen LogP contribution in [-0.4, -0.2) is 76.0 Å². The van der Waals surface area contributed by atoms with Gasteiger partial charge in [-0.25, -0.2) is 4.79 Å². The lowest BCUT2D eigenvalue weighted by Crippen LogP contribution is -2.70. The van der Waals surface area contributed by atoms with E-state index in [1.165, 1.54) is 33.1 Å². The van der Waals surface area contributed by atoms with Crippen molar-refractivity contribution in [2.75, 3.05) is 11.5 Å². The number of fused-ring (bicyclic) bond motifs is 2. The molecule has 0 aliphatic carbocycles. The third kappa shape index (κ3) is 4.47. The first-order valence-electron chi connectivity index (χ1n) is 10.6. The number of carbonyl (C=O) groups excluding carboxylic acids is 2. The van der Waals surface area contributed by atoms with Crippen molar-refractivity contribution < 1.29 is 19.5 Å². The average Bonchev–Trinajstić information content (AvgIpc) is 3.33. The van der Waals surface area contributed by atoms with Crippen LogP contribution in [0.5, 0.6) is 0 Å². The van der Waals surface area contributed by atoms with Crippen LogP contribution in [0.3, 0.4) is 0 Å². The van der Waals surface area contributed by atoms with E-state index in [1.54, 1.807) is 12.1 Å². The van der Waals surface area contributed by atoms with E-state index in [4.69, 9.17) is 5.73 Å². The van der Waals surface area contributed by atoms with E-state index < -0.39 is 23.3 Å². The van der Waals surface area contributed by atoms with Gasteiger partial charge in [0.2, 0.25) is 5.91 Å². The van der Waals surface area contributed by atoms with Gasteiger partial charge in [0.25, 0.3) is 5.91 Å². The van der Waals surface area contributed by atoms with E-state index >= 15 is 0 Å². The second-order valence-corrected chi connectivity index (χ2v) is 9.95. The number of benzene rings is 1. The summed E-state index contributed by atoms with van der Waals surface area (Å²) in [6.45, 7) is 0.310. The molecule has 2 aromatic heterocycles. The molecule has 4 N–H and O–H groups in total. The highest BCUT2D eigenvalue weighted by molar-refractivity contribution is 8.01. The lowest BCUT2D eigenvalue weighted by molar-refractivity contribution is -0.150. The number of hydrogen-bond donors (Lipinski definition) is 3. The molecule has 0 radical (unpaired) electrons. The number of β-lactam (4-membered cyclic amide) rings is 1. The Morgan fingerprint density at radius 3 is 2.80 bits per heavy atom. The molecule has 0 spiro atoms. The fourth-order valence-corrected chi connectivity index (χ4v) is 6.33. The number of aromatic nitrogens is 5. The monoisotopic (exact) mass is 512 g/mol. The van der Waals surface area contributed by atoms with Crippen molar-refractivity contribution in [3.8, 4) is 0 Å². The summed E-state index contributed by atoms with van der Waals surface area (Å²) in [5.74, 6) is -1.17. The Morgan fingerprint density at radius 1 is 1.23 bits per heavy atom. The number of carbonyl (C=O) groups is 3. The van der Waals surface area contributed by atoms with Crippen LogP contribution in [0, 0.1) is 0 Å². The topological polar surface area (TPSA) is 169 Å². The minimum Gasteiger partial charge on any atom is -0.477 e. The molecule has 3 aromatic rings. The maximum atomic E-state index is 12.9. The molecule has 4 heterocycles. The highest BCUT2D eigenvalue weighted by Crippen LogP contribution is 2.41. The van der Waals surface area contributed by atoms with E-state index in [1.807, 2.05) is 24.3 Å². The SMILES string of the molecule is NCc1ccccc1CC(=O)NC1C(=O)N2C(C(=O)O)=C(CSc3ccc4nnnn4n3)CS[C@H]12. The zero-order chi connectivity index (χ0) is 24.5. The molecule has 180 valence electrons. The van der Waals surface area contributed by atoms with Crippen LogP contribution in [-0.2, 0) is 27.3 Å². The number of tetrazole rings is 1. The normalized spacial score (nSPS) is 19.5. The van der Waals surface area contributed by atoms with Gasteiger partial charge in [-0.15, -0.1) is 38.4 Å². The maximum Gasteiger partial charge on any atom is 0.352 e. The third-order valence-electron chi connectivity index (χ3n) is 5.69. The van der Waals surface area contributed by atoms with E-state index in [-0.39, 0.29) is 18.0 Å². The second kappa shape index (κ2) is 9.64. The largest absolute Gasteiger partial charge is 0.477 e. The minimum absolute atomic E-state index is 0.0336. The minimum atomic E-state index is -1.18. The van der Waals surface area contributed by atoms with Crippen molar-refractivity contribution >= 4 is 47.0 Å². The van der Waals surface area contributed by atoms with Crippen molar-refractivity contribution in [3.63, 3.8) is 0 Å². The van der Waals surface area contributed by atoms with Crippen LogP contribution in [0.4, 0.5) is 0 Å². The van der Waals surface area contributed by atoms with Gasteiger partial charge in [0.1, 0.15) is 22.1 Å². The molecule has 2 atom stereocenters. The summed E-state index contributed by atoms with van der Waals surface area (Å²) in [5, 5.41) is 28.2. The maximum absolute atomic E-state index is 12.9. The van der Waals surface area contributed by atoms with E-state index in [0.29, 0.717) is 34.3 Å². The van der Waals surface area contributed by atoms with Crippen LogP contribution in [0.2, 0.25) is 0 Å². The second-order valence-electron chi connectivity index (χ2n) is 7.85. The molecule has 1 fully saturated rings. The van der Waals surface area contributed by atoms with Gasteiger partial charge in [0, 0.05) is 18.1 Å². The Balaban J connectivity index is 1.27. The van der Waals surface area contributed by atoms with E-state index in [0.717, 1.165) is 11.1 Å². The van der Waals surface area contributed by atoms with E-state index in [2.05, 4.69) is 25.9 Å². The molecule has 12 nitrogen and oxygen atoms in total. The van der Waals surface area contributed by atoms with Gasteiger partial charge in [-0.2, -0.15) is 0 Å². The molecule has 0 saturated carbocycles. The number of hydrogen-bond acceptors (Lipinski definition) is 10. The van der Waals surface area contributed by atoms with Crippen molar-refractivity contribution in [1.82, 2.24) is 35.5 Å². The molecule has 2 aliphatic heterocycles. The fourth-order valence-electron chi connectivity index (χ4n) is 3.99. The molecule has 2 aliphatic rings. The van der Waals surface area contributed by atoms with Crippen LogP contribution >= 0.6 is 23.5 Å². The predicted molar refractivity (Wildman–Crippen MR) is 127 cm³/mol. The summed E-state index contributed by atoms with van der Waals surface area (Å²) in [5.41, 5.74) is 8.48. The molecular weight excluding hydrogens is 492 g/mol. The highest BCUT2D eigenvalue weighted by Gasteiger charge is 2.54. The number of nitrogens with zero attached hydrogens (tertiary/aromatic N) is 6. The van der Waals surface area contributed by atoms with Crippen LogP contribution in [0.25, 0.3) is 5.65 Å². The van der Waals surface area contributed by atoms with Gasteiger partial charge in [-0.05, 0) is 39.3 Å². The summed E-state index contributed by atoms with van der Waals surface area (Å²) >= 11 is 2.76. The Hall–Kier alpha value is -3.49. The van der Waals surface area contributed by atoms with E-state index in [9.17, 15) is 19.5 Å². The first-order valence-corrected chi connectivity index (χ1v) is 12.6. The first-order chi connectivity index (χ1) is 17.0. The number of nitrogens with two attached hydrogens (primary N) is 1. The van der Waals surface area contributed by atoms with Gasteiger partial charge < -0.3 is 16.2 Å². The van der Waals surface area contributed by atoms with Crippen molar-refractivity contribution in [2.24, 2.45) is 5.73 Å². The molecule has 1 saturated heterocycles. The van der Waals surface area contributed by atoms with Crippen molar-refractivity contribution in [3.05, 3.63) is 58.8 Å². The number of carboxylic acid groups (broad SMARTS) is 1. The van der Waals surface area contributed by atoms with Crippen LogP contribution in [0.1, 0.15) is 11.1 Å². The number of aliphatic carboxylic acids is 1. The number of nitrogens with one attached hydrogen (secondary N) is 1. The standard InChI is InChI=1S/C21H20N8O4S2/c22-8-12-4-2-1-3-11(12)7-15(30)23-17-19(31)28-18(21(32)33)13(10-35-20(17)28)9-34-16-6-5-14-24-26-27-29(14)25-16/h1-6,17,20H,7-10,22H2,(H,23,30)(H,32,33)/t17?,20-/m1/s1. The summed E-state index contributed by atoms with van der Waals surface area (Å²) in [4.78, 5) is 38.9. The molecule has 0 bridgehead atoms. The van der Waals surface area contributed by atoms with Gasteiger partial charge in [0.15, 0.2) is 5.65 Å². The molecule has 2 amide bonds. The highest BCUT2D eigenvalue weighted by atomic mass is 32.2. The zero-order valence-electron chi connectivity index (χ0n) is 18.2. The Kier molecular flexibility index (Phi) is 6.40. The summed E-state index contributed by atoms with van der Waals surface area (Å²) in [6, 6.07) is 10.1. The molecule has 1 unspecified atom stereocenters. The fraction of sp³-hybridized carbons (Fsp3) is 0.286. The summed E-state index contributed by atoms with van der Waals surface area (Å²) < 4.78 is 1.29. The van der Waals surface area contributed by atoms with Gasteiger partial charge in [-0.1, -0.05) is 24.3 Å². The number of rotatable bonds is 8. The number of amides is 2. The smallest absolute Gasteiger partial charge is 0.352 e. The zero-order valence-corrected chi connectivity index (χ0v) is 19.8. The van der Waals surface area contributed by atoms with Gasteiger partial charge in [-0.3, -0.25) is 14.5 Å². The average molecular weight is 513 g/mol. The lowest BCUT2D eigenvalue weighted by atomic mass is 10.0. The van der Waals surface area contributed by atoms with Crippen molar-refractivity contribution in [1.29, 1.82) is 0 Å². The number of carboxylic acids is 1. The molecule has 1 aromatic carbocycles. The third-order valence-corrected chi connectivity index (χ3v) is 8.04. The Morgan fingerprint density at radius 2 is 2.03 bits per heavy atom. The summed E-state index contributed by atoms with van der Waals surface area (Å²) in [7, 11) is 0. The molecule has 5 rings (SSSR count). The number of thioether (sulfide) groups is 2. The Bertz CT molecular complexity index is 1360. The predicted octanol–water partition coefficient (Wildman–Crippen LogP) is 0.0514. The van der Waals surface area contributed by atoms with Crippen LogP contribution < -0.4 is 11.1 Å². The van der Waals surface area contributed by atoms with Gasteiger partial charge in [0.05, 0.1) is 6.42 Å².